The van der Waals surface area contributed by atoms with Crippen LogP contribution in [0.2, 0.25) is 0 Å². The van der Waals surface area contributed by atoms with Crippen LogP contribution in [0.1, 0.15) is 51.0 Å². The van der Waals surface area contributed by atoms with E-state index in [9.17, 15) is 24.3 Å². The number of esters is 3. The van der Waals surface area contributed by atoms with Crippen molar-refractivity contribution >= 4 is 30.1 Å². The molecule has 1 aromatic rings. The van der Waals surface area contributed by atoms with Crippen LogP contribution in [0, 0.1) is 5.92 Å². The molecule has 1 fully saturated rings. The minimum absolute atomic E-state index is 0.0716. The molecule has 0 spiro atoms. The van der Waals surface area contributed by atoms with E-state index in [0.717, 1.165) is 24.1 Å². The number of anilines is 1. The quantitative estimate of drug-likeness (QED) is 0.196. The van der Waals surface area contributed by atoms with E-state index in [-0.39, 0.29) is 31.0 Å². The first-order chi connectivity index (χ1) is 19.2. The molecule has 1 aromatic carbocycles. The Morgan fingerprint density at radius 3 is 2.48 bits per heavy atom. The van der Waals surface area contributed by atoms with Gasteiger partial charge in [0.25, 0.3) is 6.47 Å². The number of rotatable bonds is 9. The smallest absolute Gasteiger partial charge is 0.335 e. The summed E-state index contributed by atoms with van der Waals surface area (Å²) >= 11 is 0. The van der Waals surface area contributed by atoms with E-state index in [2.05, 4.69) is 5.32 Å². The minimum Gasteiger partial charge on any atom is -0.469 e. The number of aliphatic hydroxyl groups is 1. The van der Waals surface area contributed by atoms with Crippen LogP contribution >= 0.6 is 0 Å². The zero-order valence-electron chi connectivity index (χ0n) is 23.3. The molecular weight excluding hydrogens is 526 g/mol. The van der Waals surface area contributed by atoms with Crippen molar-refractivity contribution in [2.45, 2.75) is 76.7 Å². The molecule has 222 valence electrons. The number of carbonyl (C=O) groups excluding carboxylic acids is 4. The highest BCUT2D eigenvalue weighted by molar-refractivity contribution is 5.75. The summed E-state index contributed by atoms with van der Waals surface area (Å²) in [5, 5.41) is 12.3. The monoisotopic (exact) mass is 565 g/mol. The highest BCUT2D eigenvalue weighted by atomic mass is 16.7. The Kier molecular flexibility index (Phi) is 14.0. The lowest BCUT2D eigenvalue weighted by Gasteiger charge is -2.33. The van der Waals surface area contributed by atoms with Gasteiger partial charge in [-0.05, 0) is 37.8 Å². The zero-order valence-corrected chi connectivity index (χ0v) is 23.3. The number of hydrogen-bond acceptors (Lipinski definition) is 12. The fourth-order valence-electron chi connectivity index (χ4n) is 4.42. The van der Waals surface area contributed by atoms with Gasteiger partial charge in [0.15, 0.2) is 6.10 Å². The number of nitrogens with one attached hydrogen (secondary N) is 1. The van der Waals surface area contributed by atoms with Crippen molar-refractivity contribution in [2.24, 2.45) is 5.92 Å². The molecule has 12 nitrogen and oxygen atoms in total. The second kappa shape index (κ2) is 17.1. The molecule has 2 N–H and O–H groups in total. The third-order valence-electron chi connectivity index (χ3n) is 6.43. The standard InChI is InChI=1S/C17H23NO7.C11H16O4/c1-10(20)23-13-7-15(17(21)22-3)25-16(8-13)24-12-5-4-11(9-19)14(6-12)18-2;1-14-11(13)9-4-2-3-5-10(7-6-9)15-8-12/h4-6,13,15-16,18-19H,7-9H2,1-3H3;3,5,8-10H,2,4,6-7H2,1H3/b;5-3+. The Balaban J connectivity index is 0.000000319. The Hall–Kier alpha value is -3.64. The molecule has 2 aliphatic rings. The first-order valence-corrected chi connectivity index (χ1v) is 13.1. The lowest BCUT2D eigenvalue weighted by Crippen LogP contribution is -2.44. The van der Waals surface area contributed by atoms with Gasteiger partial charge in [-0.15, -0.1) is 0 Å². The van der Waals surface area contributed by atoms with E-state index in [1.54, 1.807) is 25.2 Å². The molecule has 0 amide bonds. The molecule has 3 rings (SSSR count). The number of carbonyl (C=O) groups is 4. The van der Waals surface area contributed by atoms with Crippen LogP contribution in [-0.2, 0) is 49.5 Å². The summed E-state index contributed by atoms with van der Waals surface area (Å²) in [6.07, 6.45) is 5.00. The molecule has 0 saturated carbocycles. The highest BCUT2D eigenvalue weighted by Gasteiger charge is 2.37. The molecule has 1 aliphatic carbocycles. The van der Waals surface area contributed by atoms with Crippen LogP contribution in [0.3, 0.4) is 0 Å². The molecule has 0 bridgehead atoms. The maximum absolute atomic E-state index is 11.8. The summed E-state index contributed by atoms with van der Waals surface area (Å²) in [6.45, 7) is 1.66. The van der Waals surface area contributed by atoms with Gasteiger partial charge in [0.05, 0.1) is 26.7 Å². The predicted octanol–water partition coefficient (Wildman–Crippen LogP) is 2.66. The number of hydrogen-bond donors (Lipinski definition) is 2. The molecule has 5 atom stereocenters. The molecular formula is C28H39NO11. The van der Waals surface area contributed by atoms with Gasteiger partial charge in [0, 0.05) is 44.1 Å². The maximum atomic E-state index is 11.8. The average Bonchev–Trinajstić information content (AvgIpc) is 2.93. The summed E-state index contributed by atoms with van der Waals surface area (Å²) in [5.41, 5.74) is 1.45. The number of aliphatic hydroxyl groups excluding tert-OH is 1. The minimum atomic E-state index is -0.867. The molecule has 40 heavy (non-hydrogen) atoms. The fraction of sp³-hybridized carbons (Fsp3) is 0.571. The summed E-state index contributed by atoms with van der Waals surface area (Å²) < 4.78 is 30.9. The second-order valence-corrected chi connectivity index (χ2v) is 9.20. The van der Waals surface area contributed by atoms with Gasteiger partial charge in [-0.1, -0.05) is 12.1 Å². The van der Waals surface area contributed by atoms with Crippen LogP contribution in [0.15, 0.2) is 30.4 Å². The van der Waals surface area contributed by atoms with Crippen LogP contribution in [0.4, 0.5) is 5.69 Å². The van der Waals surface area contributed by atoms with Crippen molar-refractivity contribution in [1.82, 2.24) is 0 Å². The van der Waals surface area contributed by atoms with Crippen molar-refractivity contribution in [2.75, 3.05) is 26.6 Å². The second-order valence-electron chi connectivity index (χ2n) is 9.20. The van der Waals surface area contributed by atoms with Crippen molar-refractivity contribution in [3.8, 4) is 5.75 Å². The van der Waals surface area contributed by atoms with E-state index in [0.29, 0.717) is 31.5 Å². The third-order valence-corrected chi connectivity index (χ3v) is 6.43. The van der Waals surface area contributed by atoms with Gasteiger partial charge in [-0.3, -0.25) is 14.4 Å². The van der Waals surface area contributed by atoms with Crippen LogP contribution < -0.4 is 10.1 Å². The molecule has 5 unspecified atom stereocenters. The van der Waals surface area contributed by atoms with Gasteiger partial charge >= 0.3 is 17.9 Å². The number of benzene rings is 1. The molecule has 1 saturated heterocycles. The van der Waals surface area contributed by atoms with E-state index in [1.807, 2.05) is 12.2 Å². The summed E-state index contributed by atoms with van der Waals surface area (Å²) in [5.74, 6) is -0.720. The van der Waals surface area contributed by atoms with Crippen molar-refractivity contribution in [3.05, 3.63) is 35.9 Å². The summed E-state index contributed by atoms with van der Waals surface area (Å²) in [7, 11) is 4.40. The predicted molar refractivity (Wildman–Crippen MR) is 142 cm³/mol. The molecule has 1 heterocycles. The Morgan fingerprint density at radius 1 is 1.10 bits per heavy atom. The van der Waals surface area contributed by atoms with E-state index in [1.165, 1.54) is 21.1 Å². The van der Waals surface area contributed by atoms with Crippen molar-refractivity contribution < 1.29 is 52.7 Å². The van der Waals surface area contributed by atoms with Crippen molar-refractivity contribution in [1.29, 1.82) is 0 Å². The van der Waals surface area contributed by atoms with Crippen molar-refractivity contribution in [3.63, 3.8) is 0 Å². The third kappa shape index (κ3) is 10.5. The van der Waals surface area contributed by atoms with Gasteiger partial charge in [0.2, 0.25) is 6.29 Å². The maximum Gasteiger partial charge on any atom is 0.335 e. The van der Waals surface area contributed by atoms with Gasteiger partial charge < -0.3 is 38.8 Å². The number of methoxy groups -OCH3 is 2. The first kappa shape index (κ1) is 32.6. The summed E-state index contributed by atoms with van der Waals surface area (Å²) in [6, 6.07) is 5.14. The molecule has 0 aromatic heterocycles. The Labute approximate surface area is 233 Å². The Morgan fingerprint density at radius 2 is 1.85 bits per heavy atom. The van der Waals surface area contributed by atoms with E-state index < -0.39 is 30.4 Å². The lowest BCUT2D eigenvalue weighted by atomic mass is 9.93. The molecule has 0 radical (unpaired) electrons. The van der Waals surface area contributed by atoms with Gasteiger partial charge in [-0.25, -0.2) is 4.79 Å². The van der Waals surface area contributed by atoms with Gasteiger partial charge in [0.1, 0.15) is 18.0 Å². The average molecular weight is 566 g/mol. The molecule has 12 heteroatoms. The normalized spacial score (nSPS) is 24.9. The SMILES string of the molecule is CNc1cc(OC2CC(OC(C)=O)CC(C(=O)OC)O2)ccc1CO.COC(=O)C1CC/C=C/C(OC=O)CC1. The first-order valence-electron chi connectivity index (χ1n) is 13.1. The molecule has 1 aliphatic heterocycles. The number of ether oxygens (including phenoxy) is 6. The Bertz CT molecular complexity index is 1010. The zero-order chi connectivity index (χ0) is 29.5. The number of allylic oxidation sites excluding steroid dienone is 1. The topological polar surface area (TPSA) is 156 Å². The van der Waals surface area contributed by atoms with Crippen LogP contribution in [-0.4, -0.2) is 75.4 Å². The van der Waals surface area contributed by atoms with Crippen LogP contribution in [0.5, 0.6) is 5.75 Å². The lowest BCUT2D eigenvalue weighted by molar-refractivity contribution is -0.204. The van der Waals surface area contributed by atoms with E-state index >= 15 is 0 Å². The fourth-order valence-corrected chi connectivity index (χ4v) is 4.42. The largest absolute Gasteiger partial charge is 0.469 e. The summed E-state index contributed by atoms with van der Waals surface area (Å²) in [4.78, 5) is 44.6. The van der Waals surface area contributed by atoms with E-state index in [4.69, 9.17) is 28.4 Å². The highest BCUT2D eigenvalue weighted by Crippen LogP contribution is 2.28. The van der Waals surface area contributed by atoms with Crippen LogP contribution in [0.25, 0.3) is 0 Å². The van der Waals surface area contributed by atoms with Gasteiger partial charge in [-0.2, -0.15) is 0 Å².